The van der Waals surface area contributed by atoms with Gasteiger partial charge in [-0.05, 0) is 28.7 Å². The molecule has 0 saturated carbocycles. The summed E-state index contributed by atoms with van der Waals surface area (Å²) in [6, 6.07) is 14.6. The average Bonchev–Trinajstić information content (AvgIpc) is 2.46. The summed E-state index contributed by atoms with van der Waals surface area (Å²) in [5.74, 6) is -0.102. The molecule has 0 saturated heterocycles. The third-order valence-corrected chi connectivity index (χ3v) is 4.00. The topological polar surface area (TPSA) is 77.8 Å². The van der Waals surface area contributed by atoms with Crippen molar-refractivity contribution >= 4 is 30.3 Å². The van der Waals surface area contributed by atoms with Gasteiger partial charge in [-0.25, -0.2) is 0 Å². The summed E-state index contributed by atoms with van der Waals surface area (Å²) in [5, 5.41) is 27.0. The normalized spacial score (nSPS) is 10.4. The van der Waals surface area contributed by atoms with Gasteiger partial charge in [0.1, 0.15) is 0 Å². The van der Waals surface area contributed by atoms with Gasteiger partial charge in [-0.3, -0.25) is 4.79 Å². The summed E-state index contributed by atoms with van der Waals surface area (Å²) in [6.45, 7) is 0. The van der Waals surface area contributed by atoms with Crippen LogP contribution in [0, 0.1) is 0 Å². The third kappa shape index (κ3) is 4.93. The highest BCUT2D eigenvalue weighted by Gasteiger charge is 2.10. The zero-order chi connectivity index (χ0) is 15.2. The molecule has 0 aliphatic carbocycles. The second-order valence-corrected chi connectivity index (χ2v) is 5.67. The van der Waals surface area contributed by atoms with E-state index in [1.54, 1.807) is 30.0 Å². The van der Waals surface area contributed by atoms with E-state index >= 15 is 0 Å². The smallest absolute Gasteiger partial charge is 0.481 e. The molecule has 0 fully saturated rings. The zero-order valence-electron chi connectivity index (χ0n) is 11.3. The summed E-state index contributed by atoms with van der Waals surface area (Å²) in [4.78, 5) is 11.6. The van der Waals surface area contributed by atoms with E-state index in [1.165, 1.54) is 0 Å². The Morgan fingerprint density at radius 1 is 1.05 bits per heavy atom. The highest BCUT2D eigenvalue weighted by molar-refractivity contribution is 7.98. The Morgan fingerprint density at radius 3 is 2.33 bits per heavy atom. The standard InChI is InChI=1S/C15H15BO4S/c17-15(18)8-11-4-6-12(7-5-11)10-21-14-3-1-2-13(9-14)16(19)20/h1-7,9,19-20H,8,10H2,(H,17,18). The molecular formula is C15H15BO4S. The minimum Gasteiger partial charge on any atom is -0.481 e. The van der Waals surface area contributed by atoms with Gasteiger partial charge in [-0.2, -0.15) is 0 Å². The van der Waals surface area contributed by atoms with Gasteiger partial charge in [0, 0.05) is 10.6 Å². The number of carboxylic acid groups (broad SMARTS) is 1. The molecule has 0 unspecified atom stereocenters. The van der Waals surface area contributed by atoms with Gasteiger partial charge in [0.15, 0.2) is 0 Å². The highest BCUT2D eigenvalue weighted by Crippen LogP contribution is 2.22. The molecule has 3 N–H and O–H groups in total. The van der Waals surface area contributed by atoms with Crippen LogP contribution in [-0.2, 0) is 17.0 Å². The van der Waals surface area contributed by atoms with Crippen molar-refractivity contribution in [3.05, 3.63) is 59.7 Å². The summed E-state index contributed by atoms with van der Waals surface area (Å²) in [6.07, 6.45) is 0.0316. The Labute approximate surface area is 127 Å². The molecule has 0 spiro atoms. The summed E-state index contributed by atoms with van der Waals surface area (Å²) in [7, 11) is -1.46. The second kappa shape index (κ2) is 7.31. The predicted molar refractivity (Wildman–Crippen MR) is 83.6 cm³/mol. The van der Waals surface area contributed by atoms with E-state index in [2.05, 4.69) is 0 Å². The molecule has 6 heteroatoms. The van der Waals surface area contributed by atoms with Crippen LogP contribution in [0.3, 0.4) is 0 Å². The first-order valence-electron chi connectivity index (χ1n) is 6.43. The van der Waals surface area contributed by atoms with Crippen molar-refractivity contribution < 1.29 is 19.9 Å². The molecule has 0 amide bonds. The maximum absolute atomic E-state index is 10.6. The summed E-state index contributed by atoms with van der Waals surface area (Å²) in [5.41, 5.74) is 2.34. The fourth-order valence-corrected chi connectivity index (χ4v) is 2.78. The van der Waals surface area contributed by atoms with Gasteiger partial charge in [0.25, 0.3) is 0 Å². The van der Waals surface area contributed by atoms with E-state index in [1.807, 2.05) is 30.3 Å². The number of thioether (sulfide) groups is 1. The van der Waals surface area contributed by atoms with Gasteiger partial charge < -0.3 is 15.2 Å². The van der Waals surface area contributed by atoms with E-state index in [4.69, 9.17) is 15.2 Å². The molecule has 4 nitrogen and oxygen atoms in total. The van der Waals surface area contributed by atoms with Crippen molar-refractivity contribution in [3.8, 4) is 0 Å². The lowest BCUT2D eigenvalue weighted by molar-refractivity contribution is -0.136. The Balaban J connectivity index is 1.96. The molecule has 0 aliphatic heterocycles. The molecule has 0 radical (unpaired) electrons. The summed E-state index contributed by atoms with van der Waals surface area (Å²) < 4.78 is 0. The minimum absolute atomic E-state index is 0.0316. The van der Waals surface area contributed by atoms with E-state index in [0.717, 1.165) is 21.8 Å². The molecule has 0 heterocycles. The van der Waals surface area contributed by atoms with Crippen LogP contribution in [0.1, 0.15) is 11.1 Å². The molecule has 0 atom stereocenters. The number of benzene rings is 2. The molecule has 0 bridgehead atoms. The predicted octanol–water partition coefficient (Wildman–Crippen LogP) is 1.29. The van der Waals surface area contributed by atoms with Crippen molar-refractivity contribution in [1.29, 1.82) is 0 Å². The van der Waals surface area contributed by atoms with Crippen molar-refractivity contribution in [1.82, 2.24) is 0 Å². The van der Waals surface area contributed by atoms with E-state index < -0.39 is 13.1 Å². The Bertz CT molecular complexity index is 613. The molecule has 21 heavy (non-hydrogen) atoms. The highest BCUT2D eigenvalue weighted by atomic mass is 32.2. The van der Waals surface area contributed by atoms with Crippen LogP contribution in [0.5, 0.6) is 0 Å². The van der Waals surface area contributed by atoms with Crippen LogP contribution in [-0.4, -0.2) is 28.2 Å². The number of rotatable bonds is 6. The quantitative estimate of drug-likeness (QED) is 0.553. The minimum atomic E-state index is -1.46. The van der Waals surface area contributed by atoms with E-state index in [9.17, 15) is 4.79 Å². The SMILES string of the molecule is O=C(O)Cc1ccc(CSc2cccc(B(O)O)c2)cc1. The molecule has 2 rings (SSSR count). The van der Waals surface area contributed by atoms with Crippen LogP contribution >= 0.6 is 11.8 Å². The number of carbonyl (C=O) groups is 1. The van der Waals surface area contributed by atoms with E-state index in [0.29, 0.717) is 5.46 Å². The second-order valence-electron chi connectivity index (χ2n) is 4.62. The van der Waals surface area contributed by atoms with Crippen LogP contribution in [0.25, 0.3) is 0 Å². The van der Waals surface area contributed by atoms with Crippen molar-refractivity contribution in [2.45, 2.75) is 17.1 Å². The first kappa shape index (κ1) is 15.6. The molecule has 0 aromatic heterocycles. The summed E-state index contributed by atoms with van der Waals surface area (Å²) >= 11 is 1.59. The Hall–Kier alpha value is -1.76. The zero-order valence-corrected chi connectivity index (χ0v) is 12.1. The molecule has 2 aromatic carbocycles. The number of aliphatic carboxylic acids is 1. The largest absolute Gasteiger partial charge is 0.488 e. The van der Waals surface area contributed by atoms with Crippen molar-refractivity contribution in [2.75, 3.05) is 0 Å². The van der Waals surface area contributed by atoms with Gasteiger partial charge >= 0.3 is 13.1 Å². The van der Waals surface area contributed by atoms with Crippen molar-refractivity contribution in [3.63, 3.8) is 0 Å². The molecule has 0 aliphatic rings. The monoisotopic (exact) mass is 302 g/mol. The maximum Gasteiger partial charge on any atom is 0.488 e. The fraction of sp³-hybridized carbons (Fsp3) is 0.133. The third-order valence-electron chi connectivity index (χ3n) is 2.94. The van der Waals surface area contributed by atoms with Gasteiger partial charge in [0.05, 0.1) is 6.42 Å². The molecular weight excluding hydrogens is 287 g/mol. The lowest BCUT2D eigenvalue weighted by Crippen LogP contribution is -2.29. The number of hydrogen-bond donors (Lipinski definition) is 3. The number of carboxylic acids is 1. The number of hydrogen-bond acceptors (Lipinski definition) is 4. The first-order chi connectivity index (χ1) is 10.0. The van der Waals surface area contributed by atoms with Crippen LogP contribution in [0.2, 0.25) is 0 Å². The fourth-order valence-electron chi connectivity index (χ4n) is 1.86. The van der Waals surface area contributed by atoms with Gasteiger partial charge in [0.2, 0.25) is 0 Å². The Morgan fingerprint density at radius 2 is 1.71 bits per heavy atom. The Kier molecular flexibility index (Phi) is 5.44. The lowest BCUT2D eigenvalue weighted by atomic mass is 9.80. The molecule has 2 aromatic rings. The van der Waals surface area contributed by atoms with Crippen LogP contribution < -0.4 is 5.46 Å². The first-order valence-corrected chi connectivity index (χ1v) is 7.41. The van der Waals surface area contributed by atoms with Crippen LogP contribution in [0.4, 0.5) is 0 Å². The van der Waals surface area contributed by atoms with Gasteiger partial charge in [-0.15, -0.1) is 11.8 Å². The molecule has 108 valence electrons. The van der Waals surface area contributed by atoms with Gasteiger partial charge in [-0.1, -0.05) is 36.4 Å². The van der Waals surface area contributed by atoms with E-state index in [-0.39, 0.29) is 6.42 Å². The van der Waals surface area contributed by atoms with Crippen LogP contribution in [0.15, 0.2) is 53.4 Å². The average molecular weight is 302 g/mol. The van der Waals surface area contributed by atoms with Crippen molar-refractivity contribution in [2.24, 2.45) is 0 Å². The maximum atomic E-state index is 10.6. The lowest BCUT2D eigenvalue weighted by Gasteiger charge is -2.05.